The number of hydrogen-bond acceptors (Lipinski definition) is 8. The largest absolute Gasteiger partial charge is 0.448 e. The van der Waals surface area contributed by atoms with Gasteiger partial charge in [0.2, 0.25) is 17.7 Å². The maximum atomic E-state index is 13.6. The minimum Gasteiger partial charge on any atom is -0.448 e. The SMILES string of the molecule is CSCC[C@H](NC(=O)OCCn1nc(C(C)(C)C)cc1C(C)(C)C)C(=O)N[C@@H](CC(C)C)[C@@H](O)C[C@@H](C)C(=O)N[C@@H](CC(C)C)C(=O)NCC(C)C. The van der Waals surface area contributed by atoms with Gasteiger partial charge in [-0.05, 0) is 61.5 Å². The number of ether oxygens (including phenoxy) is 1. The van der Waals surface area contributed by atoms with Crippen molar-refractivity contribution < 1.29 is 29.0 Å². The van der Waals surface area contributed by atoms with Crippen molar-refractivity contribution in [1.82, 2.24) is 31.0 Å². The molecule has 0 aliphatic heterocycles. The molecule has 5 atom stereocenters. The fourth-order valence-corrected chi connectivity index (χ4v) is 6.12. The van der Waals surface area contributed by atoms with E-state index in [1.807, 2.05) is 52.5 Å². The van der Waals surface area contributed by atoms with E-state index >= 15 is 0 Å². The van der Waals surface area contributed by atoms with Gasteiger partial charge in [-0.25, -0.2) is 4.79 Å². The van der Waals surface area contributed by atoms with Crippen LogP contribution < -0.4 is 21.3 Å². The van der Waals surface area contributed by atoms with Gasteiger partial charge < -0.3 is 31.1 Å². The molecule has 1 aromatic heterocycles. The van der Waals surface area contributed by atoms with Crippen molar-refractivity contribution in [3.8, 4) is 0 Å². The van der Waals surface area contributed by atoms with Crippen LogP contribution in [0.25, 0.3) is 0 Å². The van der Waals surface area contributed by atoms with E-state index in [1.165, 1.54) is 0 Å². The van der Waals surface area contributed by atoms with Crippen molar-refractivity contribution in [1.29, 1.82) is 0 Å². The van der Waals surface area contributed by atoms with Gasteiger partial charge in [0.25, 0.3) is 0 Å². The summed E-state index contributed by atoms with van der Waals surface area (Å²) in [7, 11) is 0. The first kappa shape index (κ1) is 47.2. The summed E-state index contributed by atoms with van der Waals surface area (Å²) in [6.45, 7) is 27.3. The van der Waals surface area contributed by atoms with Gasteiger partial charge in [-0.15, -0.1) is 0 Å². The number of nitrogens with one attached hydrogen (secondary N) is 4. The first-order chi connectivity index (χ1) is 24.0. The van der Waals surface area contributed by atoms with E-state index in [4.69, 9.17) is 9.84 Å². The Morgan fingerprint density at radius 2 is 1.42 bits per heavy atom. The predicted molar refractivity (Wildman–Crippen MR) is 211 cm³/mol. The molecule has 12 nitrogen and oxygen atoms in total. The molecule has 4 amide bonds. The van der Waals surface area contributed by atoms with Crippen LogP contribution in [-0.2, 0) is 36.5 Å². The molecule has 1 aromatic rings. The Hall–Kier alpha value is -2.80. The van der Waals surface area contributed by atoms with Gasteiger partial charge in [0, 0.05) is 29.0 Å². The van der Waals surface area contributed by atoms with Gasteiger partial charge in [0.15, 0.2) is 0 Å². The lowest BCUT2D eigenvalue weighted by atomic mass is 9.88. The fourth-order valence-electron chi connectivity index (χ4n) is 5.65. The molecule has 52 heavy (non-hydrogen) atoms. The number of carbonyl (C=O) groups is 4. The number of aliphatic hydroxyl groups is 1. The third-order valence-corrected chi connectivity index (χ3v) is 9.30. The van der Waals surface area contributed by atoms with E-state index in [2.05, 4.69) is 68.9 Å². The molecule has 1 heterocycles. The number of carbonyl (C=O) groups excluding carboxylic acids is 4. The minimum absolute atomic E-state index is 0.0725. The van der Waals surface area contributed by atoms with E-state index < -0.39 is 42.1 Å². The smallest absolute Gasteiger partial charge is 0.407 e. The molecule has 13 heteroatoms. The standard InChI is InChI=1S/C39H72N6O6S/c1-24(2)19-29(31(46)21-27(7)34(47)42-30(20-25(3)4)35(48)40-23-26(5)6)41-36(49)28(15-18-52-14)43-37(50)51-17-16-45-33(39(11,12)13)22-32(44-45)38(8,9)10/h22,24-31,46H,15-21,23H2,1-14H3,(H,40,48)(H,41,49)(H,42,47)(H,43,50)/t27-,28+,29+,30+,31+/m1/s1. The van der Waals surface area contributed by atoms with Gasteiger partial charge in [0.05, 0.1) is 24.4 Å². The van der Waals surface area contributed by atoms with E-state index in [-0.39, 0.29) is 53.4 Å². The summed E-state index contributed by atoms with van der Waals surface area (Å²) in [5.41, 5.74) is 1.72. The summed E-state index contributed by atoms with van der Waals surface area (Å²) in [6, 6.07) is -0.118. The van der Waals surface area contributed by atoms with Crippen LogP contribution in [0, 0.1) is 23.7 Å². The maximum Gasteiger partial charge on any atom is 0.407 e. The summed E-state index contributed by atoms with van der Waals surface area (Å²) in [4.78, 5) is 52.7. The van der Waals surface area contributed by atoms with Crippen LogP contribution in [0.3, 0.4) is 0 Å². The van der Waals surface area contributed by atoms with Crippen LogP contribution in [0.5, 0.6) is 0 Å². The Balaban J connectivity index is 2.97. The summed E-state index contributed by atoms with van der Waals surface area (Å²) in [5, 5.41) is 27.6. The van der Waals surface area contributed by atoms with E-state index in [0.717, 1.165) is 11.4 Å². The number of rotatable bonds is 21. The highest BCUT2D eigenvalue weighted by molar-refractivity contribution is 7.98. The zero-order chi connectivity index (χ0) is 40.0. The molecule has 5 N–H and O–H groups in total. The molecule has 0 aromatic carbocycles. The monoisotopic (exact) mass is 753 g/mol. The van der Waals surface area contributed by atoms with E-state index in [1.54, 1.807) is 18.7 Å². The quantitative estimate of drug-likeness (QED) is 0.109. The lowest BCUT2D eigenvalue weighted by Gasteiger charge is -2.30. The van der Waals surface area contributed by atoms with Crippen molar-refractivity contribution in [2.24, 2.45) is 23.7 Å². The molecule has 0 aliphatic carbocycles. The van der Waals surface area contributed by atoms with Gasteiger partial charge in [-0.1, -0.05) is 90.0 Å². The van der Waals surface area contributed by atoms with Gasteiger partial charge in [-0.2, -0.15) is 16.9 Å². The van der Waals surface area contributed by atoms with Crippen LogP contribution in [0.2, 0.25) is 0 Å². The van der Waals surface area contributed by atoms with Crippen LogP contribution in [0.15, 0.2) is 6.07 Å². The van der Waals surface area contributed by atoms with Crippen LogP contribution >= 0.6 is 11.8 Å². The maximum absolute atomic E-state index is 13.6. The van der Waals surface area contributed by atoms with Crippen molar-refractivity contribution >= 4 is 35.6 Å². The Morgan fingerprint density at radius 3 is 1.94 bits per heavy atom. The molecule has 0 aliphatic rings. The number of aromatic nitrogens is 2. The zero-order valence-electron chi connectivity index (χ0n) is 34.6. The molecule has 0 bridgehead atoms. The number of aliphatic hydroxyl groups excluding tert-OH is 1. The second-order valence-electron chi connectivity index (χ2n) is 17.5. The van der Waals surface area contributed by atoms with Crippen molar-refractivity contribution in [2.75, 3.05) is 25.2 Å². The van der Waals surface area contributed by atoms with Gasteiger partial charge in [-0.3, -0.25) is 19.1 Å². The Labute approximate surface area is 318 Å². The van der Waals surface area contributed by atoms with Crippen LogP contribution in [0.1, 0.15) is 127 Å². The number of thioether (sulfide) groups is 1. The van der Waals surface area contributed by atoms with Crippen molar-refractivity contribution in [2.45, 2.75) is 157 Å². The highest BCUT2D eigenvalue weighted by Gasteiger charge is 2.32. The number of nitrogens with zero attached hydrogens (tertiary/aromatic N) is 2. The third-order valence-electron chi connectivity index (χ3n) is 8.66. The molecule has 300 valence electrons. The molecular weight excluding hydrogens is 681 g/mol. The lowest BCUT2D eigenvalue weighted by Crippen LogP contribution is -2.54. The van der Waals surface area contributed by atoms with E-state index in [9.17, 15) is 24.3 Å². The molecular formula is C39H72N6O6S. The second kappa shape index (κ2) is 21.8. The molecule has 0 fully saturated rings. The van der Waals surface area contributed by atoms with Crippen molar-refractivity contribution in [3.63, 3.8) is 0 Å². The summed E-state index contributed by atoms with van der Waals surface area (Å²) in [5.74, 6) is -0.392. The molecule has 0 saturated heterocycles. The summed E-state index contributed by atoms with van der Waals surface area (Å²) in [6.07, 6.45) is 1.58. The second-order valence-corrected chi connectivity index (χ2v) is 18.5. The first-order valence-corrected chi connectivity index (χ1v) is 20.4. The average Bonchev–Trinajstić information content (AvgIpc) is 3.46. The number of amides is 4. The van der Waals surface area contributed by atoms with Crippen LogP contribution in [-0.4, -0.2) is 88.1 Å². The highest BCUT2D eigenvalue weighted by Crippen LogP contribution is 2.28. The molecule has 1 rings (SSSR count). The fraction of sp³-hybridized carbons (Fsp3) is 0.821. The van der Waals surface area contributed by atoms with Crippen molar-refractivity contribution in [3.05, 3.63) is 17.5 Å². The highest BCUT2D eigenvalue weighted by atomic mass is 32.2. The topological polar surface area (TPSA) is 164 Å². The van der Waals surface area contributed by atoms with Gasteiger partial charge in [0.1, 0.15) is 18.7 Å². The summed E-state index contributed by atoms with van der Waals surface area (Å²) >= 11 is 1.55. The molecule has 0 unspecified atom stereocenters. The zero-order valence-corrected chi connectivity index (χ0v) is 35.5. The first-order valence-electron chi connectivity index (χ1n) is 19.0. The molecule has 0 radical (unpaired) electrons. The molecule has 0 saturated carbocycles. The van der Waals surface area contributed by atoms with E-state index in [0.29, 0.717) is 38.1 Å². The average molecular weight is 753 g/mol. The van der Waals surface area contributed by atoms with Crippen LogP contribution in [0.4, 0.5) is 4.79 Å². The molecule has 0 spiro atoms. The number of hydrogen-bond donors (Lipinski definition) is 5. The Kier molecular flexibility index (Phi) is 19.8. The minimum atomic E-state index is -1.04. The van der Waals surface area contributed by atoms with Gasteiger partial charge >= 0.3 is 6.09 Å². The predicted octanol–water partition coefficient (Wildman–Crippen LogP) is 5.55. The number of alkyl carbamates (subject to hydrolysis) is 1. The Morgan fingerprint density at radius 1 is 0.808 bits per heavy atom. The normalized spacial score (nSPS) is 15.2. The summed E-state index contributed by atoms with van der Waals surface area (Å²) < 4.78 is 7.43. The Bertz CT molecular complexity index is 1270. The third kappa shape index (κ3) is 17.4. The lowest BCUT2D eigenvalue weighted by molar-refractivity contribution is -0.132.